The Hall–Kier alpha value is -3.00. The van der Waals surface area contributed by atoms with Crippen LogP contribution in [-0.4, -0.2) is 43.3 Å². The number of anilines is 1. The van der Waals surface area contributed by atoms with Crippen LogP contribution in [0.2, 0.25) is 0 Å². The normalized spacial score (nSPS) is 12.8. The smallest absolute Gasteiger partial charge is 0.313 e. The highest BCUT2D eigenvalue weighted by molar-refractivity contribution is 6.39. The van der Waals surface area contributed by atoms with E-state index in [4.69, 9.17) is 13.9 Å². The molecule has 26 heavy (non-hydrogen) atoms. The monoisotopic (exact) mass is 362 g/mol. The summed E-state index contributed by atoms with van der Waals surface area (Å²) < 4.78 is 15.4. The Morgan fingerprint density at radius 1 is 1.19 bits per heavy atom. The van der Waals surface area contributed by atoms with Gasteiger partial charge in [-0.25, -0.2) is 0 Å². The van der Waals surface area contributed by atoms with Crippen LogP contribution < -0.4 is 20.1 Å². The molecule has 1 aromatic carbocycles. The van der Waals surface area contributed by atoms with E-state index in [9.17, 15) is 14.7 Å². The number of nitrogens with one attached hydrogen (secondary N) is 2. The minimum Gasteiger partial charge on any atom is -0.497 e. The molecular weight excluding hydrogens is 340 g/mol. The quantitative estimate of drug-likeness (QED) is 0.641. The van der Waals surface area contributed by atoms with E-state index < -0.39 is 17.4 Å². The molecule has 0 bridgehead atoms. The highest BCUT2D eigenvalue weighted by Gasteiger charge is 2.25. The van der Waals surface area contributed by atoms with E-state index in [2.05, 4.69) is 10.6 Å². The fraction of sp³-hybridized carbons (Fsp3) is 0.333. The number of aliphatic hydroxyl groups is 1. The van der Waals surface area contributed by atoms with Gasteiger partial charge in [-0.1, -0.05) is 0 Å². The van der Waals surface area contributed by atoms with Crippen LogP contribution in [-0.2, 0) is 16.0 Å². The van der Waals surface area contributed by atoms with Crippen LogP contribution in [0.15, 0.2) is 41.0 Å². The zero-order valence-electron chi connectivity index (χ0n) is 14.9. The van der Waals surface area contributed by atoms with Crippen molar-refractivity contribution in [2.75, 3.05) is 26.1 Å². The van der Waals surface area contributed by atoms with Gasteiger partial charge in [-0.3, -0.25) is 9.59 Å². The lowest BCUT2D eigenvalue weighted by Crippen LogP contribution is -2.45. The number of amides is 2. The minimum atomic E-state index is -1.26. The summed E-state index contributed by atoms with van der Waals surface area (Å²) in [5.74, 6) is -0.255. The van der Waals surface area contributed by atoms with Crippen molar-refractivity contribution in [2.45, 2.75) is 18.9 Å². The van der Waals surface area contributed by atoms with E-state index in [0.717, 1.165) is 0 Å². The molecule has 0 saturated carbocycles. The number of benzene rings is 1. The molecule has 0 aliphatic carbocycles. The number of hydrogen-bond acceptors (Lipinski definition) is 6. The molecule has 3 N–H and O–H groups in total. The molecule has 1 atom stereocenters. The Morgan fingerprint density at radius 3 is 2.58 bits per heavy atom. The van der Waals surface area contributed by atoms with Gasteiger partial charge in [-0.2, -0.15) is 0 Å². The highest BCUT2D eigenvalue weighted by Crippen LogP contribution is 2.28. The molecule has 0 aliphatic heterocycles. The van der Waals surface area contributed by atoms with Crippen LogP contribution in [0.3, 0.4) is 0 Å². The van der Waals surface area contributed by atoms with E-state index in [1.807, 2.05) is 0 Å². The van der Waals surface area contributed by atoms with E-state index in [1.54, 1.807) is 37.3 Å². The molecule has 2 aromatic rings. The fourth-order valence-corrected chi connectivity index (χ4v) is 2.28. The van der Waals surface area contributed by atoms with Gasteiger partial charge in [0.15, 0.2) is 0 Å². The standard InChI is InChI=1S/C18H22N2O6/c1-18(23,10-13-5-4-8-26-13)11-19-16(21)17(22)20-14-7-6-12(24-2)9-15(14)25-3/h4-9,23H,10-11H2,1-3H3,(H,19,21)(H,20,22). The van der Waals surface area contributed by atoms with E-state index in [0.29, 0.717) is 22.9 Å². The van der Waals surface area contributed by atoms with Gasteiger partial charge in [0.05, 0.1) is 31.8 Å². The van der Waals surface area contributed by atoms with Crippen molar-refractivity contribution in [2.24, 2.45) is 0 Å². The summed E-state index contributed by atoms with van der Waals surface area (Å²) in [6.45, 7) is 1.43. The first kappa shape index (κ1) is 19.3. The zero-order valence-corrected chi connectivity index (χ0v) is 14.9. The van der Waals surface area contributed by atoms with Crippen molar-refractivity contribution in [1.82, 2.24) is 5.32 Å². The van der Waals surface area contributed by atoms with Crippen molar-refractivity contribution < 1.29 is 28.6 Å². The molecular formula is C18H22N2O6. The topological polar surface area (TPSA) is 110 Å². The Morgan fingerprint density at radius 2 is 1.96 bits per heavy atom. The lowest BCUT2D eigenvalue weighted by Gasteiger charge is -2.22. The third kappa shape index (κ3) is 5.25. The predicted octanol–water partition coefficient (Wildman–Crippen LogP) is 1.35. The molecule has 8 heteroatoms. The molecule has 1 aromatic heterocycles. The van der Waals surface area contributed by atoms with Crippen molar-refractivity contribution >= 4 is 17.5 Å². The molecule has 0 spiro atoms. The number of hydrogen-bond donors (Lipinski definition) is 3. The van der Waals surface area contributed by atoms with Gasteiger partial charge in [-0.15, -0.1) is 0 Å². The van der Waals surface area contributed by atoms with Gasteiger partial charge in [0, 0.05) is 19.0 Å². The maximum Gasteiger partial charge on any atom is 0.313 e. The third-order valence-electron chi connectivity index (χ3n) is 3.63. The summed E-state index contributed by atoms with van der Waals surface area (Å²) in [6.07, 6.45) is 1.70. The largest absolute Gasteiger partial charge is 0.497 e. The minimum absolute atomic E-state index is 0.111. The molecule has 0 fully saturated rings. The molecule has 2 amide bonds. The van der Waals surface area contributed by atoms with Crippen molar-refractivity contribution in [1.29, 1.82) is 0 Å². The maximum absolute atomic E-state index is 12.1. The number of furan rings is 1. The lowest BCUT2D eigenvalue weighted by molar-refractivity contribution is -0.136. The van der Waals surface area contributed by atoms with Crippen LogP contribution in [0.5, 0.6) is 11.5 Å². The number of methoxy groups -OCH3 is 2. The summed E-state index contributed by atoms with van der Waals surface area (Å²) in [5.41, 5.74) is -0.929. The first-order valence-corrected chi connectivity index (χ1v) is 7.90. The van der Waals surface area contributed by atoms with Gasteiger partial charge in [-0.05, 0) is 31.2 Å². The van der Waals surface area contributed by atoms with E-state index in [1.165, 1.54) is 20.5 Å². The Labute approximate surface area is 151 Å². The van der Waals surface area contributed by atoms with Crippen LogP contribution in [0.4, 0.5) is 5.69 Å². The molecule has 2 rings (SSSR count). The second kappa shape index (κ2) is 8.39. The Bertz CT molecular complexity index is 755. The number of rotatable bonds is 7. The summed E-state index contributed by atoms with van der Waals surface area (Å²) in [4.78, 5) is 24.1. The van der Waals surface area contributed by atoms with Gasteiger partial charge in [0.2, 0.25) is 0 Å². The second-order valence-electron chi connectivity index (χ2n) is 5.96. The lowest BCUT2D eigenvalue weighted by atomic mass is 10.0. The molecule has 0 radical (unpaired) electrons. The summed E-state index contributed by atoms with van der Waals surface area (Å²) in [7, 11) is 2.95. The molecule has 0 saturated heterocycles. The molecule has 0 aliphatic rings. The summed E-state index contributed by atoms with van der Waals surface area (Å²) in [6, 6.07) is 8.21. The Kier molecular flexibility index (Phi) is 6.24. The van der Waals surface area contributed by atoms with Crippen LogP contribution >= 0.6 is 0 Å². The number of carbonyl (C=O) groups is 2. The average Bonchev–Trinajstić information content (AvgIpc) is 3.12. The SMILES string of the molecule is COc1ccc(NC(=O)C(=O)NCC(C)(O)Cc2ccco2)c(OC)c1. The Balaban J connectivity index is 1.92. The highest BCUT2D eigenvalue weighted by atomic mass is 16.5. The number of carbonyl (C=O) groups excluding carboxylic acids is 2. The third-order valence-corrected chi connectivity index (χ3v) is 3.63. The van der Waals surface area contributed by atoms with Gasteiger partial charge < -0.3 is 29.6 Å². The van der Waals surface area contributed by atoms with Crippen LogP contribution in [0, 0.1) is 0 Å². The first-order chi connectivity index (χ1) is 12.3. The molecule has 1 heterocycles. The van der Waals surface area contributed by atoms with Gasteiger partial charge >= 0.3 is 11.8 Å². The van der Waals surface area contributed by atoms with Crippen molar-refractivity contribution in [3.63, 3.8) is 0 Å². The van der Waals surface area contributed by atoms with E-state index in [-0.39, 0.29) is 13.0 Å². The second-order valence-corrected chi connectivity index (χ2v) is 5.96. The van der Waals surface area contributed by atoms with Crippen molar-refractivity contribution in [3.8, 4) is 11.5 Å². The first-order valence-electron chi connectivity index (χ1n) is 7.90. The zero-order chi connectivity index (χ0) is 19.2. The summed E-state index contributed by atoms with van der Waals surface area (Å²) in [5, 5.41) is 15.2. The van der Waals surface area contributed by atoms with Crippen LogP contribution in [0.1, 0.15) is 12.7 Å². The van der Waals surface area contributed by atoms with Gasteiger partial charge in [0.25, 0.3) is 0 Å². The molecule has 8 nitrogen and oxygen atoms in total. The number of ether oxygens (including phenoxy) is 2. The van der Waals surface area contributed by atoms with Gasteiger partial charge in [0.1, 0.15) is 17.3 Å². The predicted molar refractivity (Wildman–Crippen MR) is 94.2 cm³/mol. The summed E-state index contributed by atoms with van der Waals surface area (Å²) >= 11 is 0. The van der Waals surface area contributed by atoms with E-state index >= 15 is 0 Å². The molecule has 140 valence electrons. The molecule has 1 unspecified atom stereocenters. The average molecular weight is 362 g/mol. The fourth-order valence-electron chi connectivity index (χ4n) is 2.28. The van der Waals surface area contributed by atoms with Crippen LogP contribution in [0.25, 0.3) is 0 Å². The van der Waals surface area contributed by atoms with Crippen molar-refractivity contribution in [3.05, 3.63) is 42.4 Å². The maximum atomic E-state index is 12.1.